The average Bonchev–Trinajstić information content (AvgIpc) is 2.48. The number of fused-ring (bicyclic) bond motifs is 1. The van der Waals surface area contributed by atoms with Crippen LogP contribution in [0.25, 0.3) is 0 Å². The summed E-state index contributed by atoms with van der Waals surface area (Å²) in [5.74, 6) is -0.807. The third-order valence-electron chi connectivity index (χ3n) is 2.84. The molecule has 0 aromatic carbocycles. The molecule has 1 aromatic heterocycles. The van der Waals surface area contributed by atoms with Crippen molar-refractivity contribution in [2.75, 3.05) is 6.54 Å². The molecule has 0 radical (unpaired) electrons. The van der Waals surface area contributed by atoms with Crippen LogP contribution in [0.1, 0.15) is 34.1 Å². The van der Waals surface area contributed by atoms with Crippen molar-refractivity contribution in [2.24, 2.45) is 0 Å². The first-order valence-corrected chi connectivity index (χ1v) is 6.05. The van der Waals surface area contributed by atoms with Gasteiger partial charge in [0.2, 0.25) is 5.91 Å². The molecule has 16 heavy (non-hydrogen) atoms. The lowest BCUT2D eigenvalue weighted by atomic mass is 10.1. The van der Waals surface area contributed by atoms with E-state index in [1.54, 1.807) is 11.8 Å². The first kappa shape index (κ1) is 11.1. The molecule has 0 bridgehead atoms. The Hall–Kier alpha value is -1.36. The molecule has 2 rings (SSSR count). The quantitative estimate of drug-likeness (QED) is 0.812. The van der Waals surface area contributed by atoms with E-state index in [1.807, 2.05) is 5.38 Å². The number of carbonyl (C=O) groups is 2. The SMILES string of the molecule is CC(=O)N1CCCc2c(csc2C(=O)O)C1. The van der Waals surface area contributed by atoms with E-state index in [2.05, 4.69) is 0 Å². The van der Waals surface area contributed by atoms with Crippen LogP contribution in [0.2, 0.25) is 0 Å². The van der Waals surface area contributed by atoms with E-state index in [1.165, 1.54) is 11.3 Å². The van der Waals surface area contributed by atoms with Crippen LogP contribution in [0, 0.1) is 0 Å². The highest BCUT2D eigenvalue weighted by Crippen LogP contribution is 2.27. The molecule has 0 fully saturated rings. The number of thiophene rings is 1. The van der Waals surface area contributed by atoms with Crippen LogP contribution in [-0.2, 0) is 17.8 Å². The van der Waals surface area contributed by atoms with Crippen LogP contribution in [0.15, 0.2) is 5.38 Å². The van der Waals surface area contributed by atoms with Crippen LogP contribution >= 0.6 is 11.3 Å². The average molecular weight is 239 g/mol. The Kier molecular flexibility index (Phi) is 2.96. The number of carbonyl (C=O) groups excluding carboxylic acids is 1. The van der Waals surface area contributed by atoms with Gasteiger partial charge in [0.25, 0.3) is 0 Å². The molecule has 1 aromatic rings. The molecule has 86 valence electrons. The van der Waals surface area contributed by atoms with E-state index in [4.69, 9.17) is 5.11 Å². The number of hydrogen-bond donors (Lipinski definition) is 1. The lowest BCUT2D eigenvalue weighted by Crippen LogP contribution is -2.27. The van der Waals surface area contributed by atoms with E-state index in [0.717, 1.165) is 24.0 Å². The Bertz CT molecular complexity index is 438. The van der Waals surface area contributed by atoms with Gasteiger partial charge in [0.15, 0.2) is 0 Å². The molecule has 1 aliphatic rings. The van der Waals surface area contributed by atoms with Crippen LogP contribution in [0.5, 0.6) is 0 Å². The summed E-state index contributed by atoms with van der Waals surface area (Å²) >= 11 is 1.26. The number of amides is 1. The Labute approximate surface area is 97.5 Å². The number of carboxylic acids is 1. The number of rotatable bonds is 1. The van der Waals surface area contributed by atoms with Gasteiger partial charge in [0.1, 0.15) is 4.88 Å². The van der Waals surface area contributed by atoms with Gasteiger partial charge in [0.05, 0.1) is 0 Å². The monoisotopic (exact) mass is 239 g/mol. The summed E-state index contributed by atoms with van der Waals surface area (Å²) in [7, 11) is 0. The molecule has 0 saturated heterocycles. The largest absolute Gasteiger partial charge is 0.477 e. The fourth-order valence-corrected chi connectivity index (χ4v) is 2.96. The predicted octanol–water partition coefficient (Wildman–Crippen LogP) is 1.74. The van der Waals surface area contributed by atoms with E-state index in [-0.39, 0.29) is 5.91 Å². The number of hydrogen-bond acceptors (Lipinski definition) is 3. The van der Waals surface area contributed by atoms with Crippen molar-refractivity contribution in [3.05, 3.63) is 21.4 Å². The highest BCUT2D eigenvalue weighted by molar-refractivity contribution is 7.12. The third kappa shape index (κ3) is 1.95. The van der Waals surface area contributed by atoms with E-state index < -0.39 is 5.97 Å². The maximum Gasteiger partial charge on any atom is 0.346 e. The Morgan fingerprint density at radius 3 is 2.88 bits per heavy atom. The summed E-state index contributed by atoms with van der Waals surface area (Å²) in [4.78, 5) is 24.5. The van der Waals surface area contributed by atoms with Gasteiger partial charge in [-0.1, -0.05) is 0 Å². The molecule has 2 heterocycles. The maximum absolute atomic E-state index is 11.3. The third-order valence-corrected chi connectivity index (χ3v) is 3.90. The standard InChI is InChI=1S/C11H13NO3S/c1-7(13)12-4-2-3-9-8(5-12)6-16-10(9)11(14)15/h6H,2-5H2,1H3,(H,14,15). The molecule has 0 saturated carbocycles. The van der Waals surface area contributed by atoms with Crippen molar-refractivity contribution in [3.8, 4) is 0 Å². The molecule has 0 aliphatic carbocycles. The summed E-state index contributed by atoms with van der Waals surface area (Å²) in [6.45, 7) is 2.82. The van der Waals surface area contributed by atoms with Crippen molar-refractivity contribution in [1.29, 1.82) is 0 Å². The van der Waals surface area contributed by atoms with Crippen molar-refractivity contribution >= 4 is 23.2 Å². The van der Waals surface area contributed by atoms with Gasteiger partial charge in [-0.2, -0.15) is 0 Å². The minimum absolute atomic E-state index is 0.0518. The summed E-state index contributed by atoms with van der Waals surface area (Å²) in [5, 5.41) is 10.9. The molecule has 0 unspecified atom stereocenters. The van der Waals surface area contributed by atoms with Crippen LogP contribution in [-0.4, -0.2) is 28.4 Å². The van der Waals surface area contributed by atoms with Crippen LogP contribution in [0.3, 0.4) is 0 Å². The Morgan fingerprint density at radius 2 is 2.25 bits per heavy atom. The lowest BCUT2D eigenvalue weighted by molar-refractivity contribution is -0.129. The second-order valence-electron chi connectivity index (χ2n) is 3.92. The molecule has 1 N–H and O–H groups in total. The fraction of sp³-hybridized carbons (Fsp3) is 0.455. The summed E-state index contributed by atoms with van der Waals surface area (Å²) in [6.07, 6.45) is 1.59. The molecule has 1 aliphatic heterocycles. The number of nitrogens with zero attached hydrogens (tertiary/aromatic N) is 1. The minimum atomic E-state index is -0.859. The molecule has 4 nitrogen and oxygen atoms in total. The molecule has 0 atom stereocenters. The van der Waals surface area contributed by atoms with Gasteiger partial charge >= 0.3 is 5.97 Å². The zero-order valence-electron chi connectivity index (χ0n) is 9.02. The van der Waals surface area contributed by atoms with Crippen molar-refractivity contribution < 1.29 is 14.7 Å². The predicted molar refractivity (Wildman–Crippen MR) is 60.7 cm³/mol. The normalized spacial score (nSPS) is 15.4. The first-order valence-electron chi connectivity index (χ1n) is 5.17. The summed E-state index contributed by atoms with van der Waals surface area (Å²) in [5.41, 5.74) is 1.91. The van der Waals surface area contributed by atoms with E-state index in [9.17, 15) is 9.59 Å². The molecule has 5 heteroatoms. The highest BCUT2D eigenvalue weighted by Gasteiger charge is 2.22. The smallest absolute Gasteiger partial charge is 0.346 e. The van der Waals surface area contributed by atoms with Gasteiger partial charge in [0, 0.05) is 20.0 Å². The van der Waals surface area contributed by atoms with Crippen molar-refractivity contribution in [3.63, 3.8) is 0 Å². The van der Waals surface area contributed by atoms with Gasteiger partial charge in [-0.15, -0.1) is 11.3 Å². The van der Waals surface area contributed by atoms with Gasteiger partial charge < -0.3 is 10.0 Å². The molecular weight excluding hydrogens is 226 g/mol. The van der Waals surface area contributed by atoms with Crippen LogP contribution in [0.4, 0.5) is 0 Å². The first-order chi connectivity index (χ1) is 7.59. The lowest BCUT2D eigenvalue weighted by Gasteiger charge is -2.17. The van der Waals surface area contributed by atoms with Crippen LogP contribution < -0.4 is 0 Å². The maximum atomic E-state index is 11.3. The zero-order valence-corrected chi connectivity index (χ0v) is 9.84. The number of carboxylic acid groups (broad SMARTS) is 1. The Morgan fingerprint density at radius 1 is 1.50 bits per heavy atom. The highest BCUT2D eigenvalue weighted by atomic mass is 32.1. The molecular formula is C11H13NO3S. The zero-order chi connectivity index (χ0) is 11.7. The van der Waals surface area contributed by atoms with Gasteiger partial charge in [-0.3, -0.25) is 4.79 Å². The van der Waals surface area contributed by atoms with Gasteiger partial charge in [-0.05, 0) is 29.3 Å². The topological polar surface area (TPSA) is 57.6 Å². The molecule has 0 spiro atoms. The second kappa shape index (κ2) is 4.25. The summed E-state index contributed by atoms with van der Waals surface area (Å²) < 4.78 is 0. The van der Waals surface area contributed by atoms with Crippen molar-refractivity contribution in [1.82, 2.24) is 4.90 Å². The molecule has 1 amide bonds. The summed E-state index contributed by atoms with van der Waals surface area (Å²) in [6, 6.07) is 0. The fourth-order valence-electron chi connectivity index (χ4n) is 2.00. The second-order valence-corrected chi connectivity index (χ2v) is 4.80. The van der Waals surface area contributed by atoms with E-state index >= 15 is 0 Å². The minimum Gasteiger partial charge on any atom is -0.477 e. The van der Waals surface area contributed by atoms with Crippen molar-refractivity contribution in [2.45, 2.75) is 26.3 Å². The number of aromatic carboxylic acids is 1. The van der Waals surface area contributed by atoms with E-state index in [0.29, 0.717) is 18.0 Å². The Balaban J connectivity index is 2.32. The van der Waals surface area contributed by atoms with Gasteiger partial charge in [-0.25, -0.2) is 4.79 Å².